The number of anilines is 2. The molecule has 3 nitrogen and oxygen atoms in total. The van der Waals surface area contributed by atoms with Gasteiger partial charge in [0.1, 0.15) is 5.82 Å². The van der Waals surface area contributed by atoms with Crippen LogP contribution in [0.3, 0.4) is 0 Å². The molecule has 0 aromatic heterocycles. The van der Waals surface area contributed by atoms with Crippen molar-refractivity contribution in [1.82, 2.24) is 0 Å². The number of benzene rings is 2. The van der Waals surface area contributed by atoms with Crippen LogP contribution in [-0.4, -0.2) is 5.91 Å². The first-order valence-electron chi connectivity index (χ1n) is 5.39. The SMILES string of the molecule is Nc1cc(C(=O)Nc2cc(F)cc(F)c2F)ccc1Cl. The van der Waals surface area contributed by atoms with Crippen molar-refractivity contribution in [3.63, 3.8) is 0 Å². The monoisotopic (exact) mass is 300 g/mol. The normalized spacial score (nSPS) is 10.4. The van der Waals surface area contributed by atoms with Crippen molar-refractivity contribution in [2.75, 3.05) is 11.1 Å². The van der Waals surface area contributed by atoms with E-state index >= 15 is 0 Å². The Labute approximate surface area is 117 Å². The molecule has 0 atom stereocenters. The number of hydrogen-bond donors (Lipinski definition) is 2. The zero-order valence-corrected chi connectivity index (χ0v) is 10.6. The van der Waals surface area contributed by atoms with Gasteiger partial charge in [0.25, 0.3) is 5.91 Å². The molecule has 2 aromatic carbocycles. The van der Waals surface area contributed by atoms with Crippen LogP contribution in [0.15, 0.2) is 30.3 Å². The van der Waals surface area contributed by atoms with Gasteiger partial charge in [0.2, 0.25) is 0 Å². The van der Waals surface area contributed by atoms with Crippen LogP contribution >= 0.6 is 11.6 Å². The molecule has 2 aromatic rings. The van der Waals surface area contributed by atoms with E-state index in [0.29, 0.717) is 12.1 Å². The van der Waals surface area contributed by atoms with E-state index in [2.05, 4.69) is 5.32 Å². The Hall–Kier alpha value is -2.21. The summed E-state index contributed by atoms with van der Waals surface area (Å²) in [6.07, 6.45) is 0. The van der Waals surface area contributed by atoms with Gasteiger partial charge in [0.05, 0.1) is 16.4 Å². The van der Waals surface area contributed by atoms with Gasteiger partial charge in [-0.2, -0.15) is 0 Å². The van der Waals surface area contributed by atoms with Gasteiger partial charge >= 0.3 is 0 Å². The molecule has 0 aliphatic heterocycles. The number of carbonyl (C=O) groups excluding carboxylic acids is 1. The third-order valence-electron chi connectivity index (χ3n) is 2.50. The van der Waals surface area contributed by atoms with E-state index < -0.39 is 29.0 Å². The molecular formula is C13H8ClF3N2O. The Morgan fingerprint density at radius 2 is 1.85 bits per heavy atom. The van der Waals surface area contributed by atoms with E-state index in [1.54, 1.807) is 0 Å². The van der Waals surface area contributed by atoms with Crippen LogP contribution in [0.25, 0.3) is 0 Å². The highest BCUT2D eigenvalue weighted by molar-refractivity contribution is 6.33. The third-order valence-corrected chi connectivity index (χ3v) is 2.84. The van der Waals surface area contributed by atoms with Gasteiger partial charge in [-0.15, -0.1) is 0 Å². The number of amides is 1. The molecule has 0 heterocycles. The average Bonchev–Trinajstić information content (AvgIpc) is 2.38. The topological polar surface area (TPSA) is 55.1 Å². The van der Waals surface area contributed by atoms with Crippen LogP contribution in [-0.2, 0) is 0 Å². The van der Waals surface area contributed by atoms with Crippen LogP contribution in [0.4, 0.5) is 24.5 Å². The zero-order valence-electron chi connectivity index (χ0n) is 9.88. The molecule has 1 amide bonds. The maximum Gasteiger partial charge on any atom is 0.255 e. The second-order valence-electron chi connectivity index (χ2n) is 3.94. The Morgan fingerprint density at radius 1 is 1.15 bits per heavy atom. The Kier molecular flexibility index (Phi) is 3.85. The number of nitrogens with one attached hydrogen (secondary N) is 1. The van der Waals surface area contributed by atoms with E-state index in [0.717, 1.165) is 0 Å². The molecule has 0 saturated carbocycles. The number of nitrogens with two attached hydrogens (primary N) is 1. The lowest BCUT2D eigenvalue weighted by atomic mass is 10.2. The van der Waals surface area contributed by atoms with E-state index in [1.165, 1.54) is 18.2 Å². The van der Waals surface area contributed by atoms with Gasteiger partial charge in [-0.25, -0.2) is 13.2 Å². The van der Waals surface area contributed by atoms with Crippen LogP contribution < -0.4 is 11.1 Å². The molecule has 7 heteroatoms. The molecule has 0 unspecified atom stereocenters. The van der Waals surface area contributed by atoms with Crippen LogP contribution in [0.1, 0.15) is 10.4 Å². The molecular weight excluding hydrogens is 293 g/mol. The van der Waals surface area contributed by atoms with Gasteiger partial charge < -0.3 is 11.1 Å². The Morgan fingerprint density at radius 3 is 2.50 bits per heavy atom. The summed E-state index contributed by atoms with van der Waals surface area (Å²) in [5.74, 6) is -4.51. The van der Waals surface area contributed by atoms with Crippen molar-refractivity contribution >= 4 is 28.9 Å². The highest BCUT2D eigenvalue weighted by Gasteiger charge is 2.15. The van der Waals surface area contributed by atoms with E-state index in [9.17, 15) is 18.0 Å². The van der Waals surface area contributed by atoms with Crippen LogP contribution in [0.2, 0.25) is 5.02 Å². The highest BCUT2D eigenvalue weighted by atomic mass is 35.5. The lowest BCUT2D eigenvalue weighted by Crippen LogP contribution is -2.14. The van der Waals surface area contributed by atoms with Gasteiger partial charge in [-0.1, -0.05) is 11.6 Å². The summed E-state index contributed by atoms with van der Waals surface area (Å²) >= 11 is 5.70. The standard InChI is InChI=1S/C13H8ClF3N2O/c14-8-2-1-6(3-10(8)18)13(20)19-11-5-7(15)4-9(16)12(11)17/h1-5H,18H2,(H,19,20). The summed E-state index contributed by atoms with van der Waals surface area (Å²) in [6.45, 7) is 0. The molecule has 0 spiro atoms. The van der Waals surface area contributed by atoms with Crippen LogP contribution in [0.5, 0.6) is 0 Å². The van der Waals surface area contributed by atoms with Crippen molar-refractivity contribution in [3.05, 3.63) is 58.4 Å². The second-order valence-corrected chi connectivity index (χ2v) is 4.35. The molecule has 20 heavy (non-hydrogen) atoms. The molecule has 0 fully saturated rings. The lowest BCUT2D eigenvalue weighted by molar-refractivity contribution is 0.102. The van der Waals surface area contributed by atoms with Gasteiger partial charge in [-0.3, -0.25) is 4.79 Å². The number of carbonyl (C=O) groups is 1. The maximum atomic E-state index is 13.4. The molecule has 0 bridgehead atoms. The predicted octanol–water partition coefficient (Wildman–Crippen LogP) is 3.59. The Balaban J connectivity index is 2.30. The van der Waals surface area contributed by atoms with Crippen molar-refractivity contribution in [2.24, 2.45) is 0 Å². The van der Waals surface area contributed by atoms with Gasteiger partial charge in [-0.05, 0) is 18.2 Å². The number of nitrogen functional groups attached to an aromatic ring is 1. The third kappa shape index (κ3) is 2.85. The van der Waals surface area contributed by atoms with Crippen molar-refractivity contribution in [3.8, 4) is 0 Å². The first kappa shape index (κ1) is 14.2. The molecule has 3 N–H and O–H groups in total. The summed E-state index contributed by atoms with van der Waals surface area (Å²) in [4.78, 5) is 11.8. The predicted molar refractivity (Wildman–Crippen MR) is 70.1 cm³/mol. The van der Waals surface area contributed by atoms with Crippen LogP contribution in [0, 0.1) is 17.5 Å². The molecule has 0 aliphatic rings. The average molecular weight is 301 g/mol. The molecule has 0 radical (unpaired) electrons. The summed E-state index contributed by atoms with van der Waals surface area (Å²) in [5, 5.41) is 2.32. The molecule has 2 rings (SSSR count). The van der Waals surface area contributed by atoms with Gasteiger partial charge in [0.15, 0.2) is 11.6 Å². The zero-order chi connectivity index (χ0) is 14.9. The summed E-state index contributed by atoms with van der Waals surface area (Å²) < 4.78 is 39.4. The molecule has 104 valence electrons. The minimum Gasteiger partial charge on any atom is -0.398 e. The number of rotatable bonds is 2. The molecule has 0 aliphatic carbocycles. The van der Waals surface area contributed by atoms with Crippen molar-refractivity contribution in [1.29, 1.82) is 0 Å². The van der Waals surface area contributed by atoms with E-state index in [1.807, 2.05) is 0 Å². The summed E-state index contributed by atoms with van der Waals surface area (Å²) in [7, 11) is 0. The van der Waals surface area contributed by atoms with E-state index in [4.69, 9.17) is 17.3 Å². The summed E-state index contributed by atoms with van der Waals surface area (Å²) in [5.41, 5.74) is 5.16. The van der Waals surface area contributed by atoms with E-state index in [-0.39, 0.29) is 16.3 Å². The maximum absolute atomic E-state index is 13.4. The minimum atomic E-state index is -1.39. The smallest absolute Gasteiger partial charge is 0.255 e. The number of hydrogen-bond acceptors (Lipinski definition) is 2. The summed E-state index contributed by atoms with van der Waals surface area (Å²) in [6, 6.07) is 5.06. The van der Waals surface area contributed by atoms with Crippen molar-refractivity contribution in [2.45, 2.75) is 0 Å². The Bertz CT molecular complexity index is 692. The minimum absolute atomic E-state index is 0.0796. The van der Waals surface area contributed by atoms with Gasteiger partial charge in [0, 0.05) is 17.7 Å². The largest absolute Gasteiger partial charge is 0.398 e. The lowest BCUT2D eigenvalue weighted by Gasteiger charge is -2.08. The first-order valence-corrected chi connectivity index (χ1v) is 5.77. The fraction of sp³-hybridized carbons (Fsp3) is 0. The molecule has 0 saturated heterocycles. The number of halogens is 4. The first-order chi connectivity index (χ1) is 9.38. The highest BCUT2D eigenvalue weighted by Crippen LogP contribution is 2.22. The fourth-order valence-corrected chi connectivity index (χ4v) is 1.64. The second kappa shape index (κ2) is 5.42. The fourth-order valence-electron chi connectivity index (χ4n) is 1.53. The quantitative estimate of drug-likeness (QED) is 0.658. The van der Waals surface area contributed by atoms with Crippen molar-refractivity contribution < 1.29 is 18.0 Å².